The fourth-order valence-corrected chi connectivity index (χ4v) is 2.31. The number of halogens is 1. The summed E-state index contributed by atoms with van der Waals surface area (Å²) in [6.07, 6.45) is 3.47. The average Bonchev–Trinajstić information content (AvgIpc) is 2.66. The standard InChI is InChI=1S/C13H19FN2/c1-9-7-10(5-6-11(9)14)8-16-13-4-2-3-12(13)15/h5-7,12-13,16H,2-4,8,15H2,1H3. The second-order valence-electron chi connectivity index (χ2n) is 4.67. The molecule has 0 spiro atoms. The number of rotatable bonds is 3. The third kappa shape index (κ3) is 2.60. The van der Waals surface area contributed by atoms with Gasteiger partial charge in [0, 0.05) is 18.6 Å². The van der Waals surface area contributed by atoms with Crippen LogP contribution in [0.4, 0.5) is 4.39 Å². The van der Waals surface area contributed by atoms with Crippen LogP contribution in [0.25, 0.3) is 0 Å². The molecule has 88 valence electrons. The highest BCUT2D eigenvalue weighted by Gasteiger charge is 2.22. The maximum absolute atomic E-state index is 13.1. The molecular formula is C13H19FN2. The van der Waals surface area contributed by atoms with Crippen molar-refractivity contribution in [1.82, 2.24) is 5.32 Å². The monoisotopic (exact) mass is 222 g/mol. The molecule has 0 aliphatic heterocycles. The number of benzene rings is 1. The van der Waals surface area contributed by atoms with E-state index in [-0.39, 0.29) is 11.9 Å². The largest absolute Gasteiger partial charge is 0.326 e. The Morgan fingerprint density at radius 1 is 1.44 bits per heavy atom. The van der Waals surface area contributed by atoms with Gasteiger partial charge < -0.3 is 11.1 Å². The zero-order chi connectivity index (χ0) is 11.5. The number of hydrogen-bond acceptors (Lipinski definition) is 2. The Labute approximate surface area is 96.0 Å². The molecule has 2 nitrogen and oxygen atoms in total. The van der Waals surface area contributed by atoms with Gasteiger partial charge in [0.05, 0.1) is 0 Å². The highest BCUT2D eigenvalue weighted by molar-refractivity contribution is 5.23. The van der Waals surface area contributed by atoms with Gasteiger partial charge in [-0.25, -0.2) is 4.39 Å². The SMILES string of the molecule is Cc1cc(CNC2CCCC2N)ccc1F. The zero-order valence-electron chi connectivity index (χ0n) is 9.67. The quantitative estimate of drug-likeness (QED) is 0.822. The number of hydrogen-bond donors (Lipinski definition) is 2. The molecule has 3 heteroatoms. The van der Waals surface area contributed by atoms with Crippen LogP contribution in [0.5, 0.6) is 0 Å². The number of aryl methyl sites for hydroxylation is 1. The second kappa shape index (κ2) is 4.93. The molecule has 2 unspecified atom stereocenters. The Morgan fingerprint density at radius 3 is 2.88 bits per heavy atom. The molecule has 1 fully saturated rings. The lowest BCUT2D eigenvalue weighted by molar-refractivity contribution is 0.475. The van der Waals surface area contributed by atoms with Crippen molar-refractivity contribution in [3.05, 3.63) is 35.1 Å². The van der Waals surface area contributed by atoms with Crippen molar-refractivity contribution < 1.29 is 4.39 Å². The van der Waals surface area contributed by atoms with Crippen molar-refractivity contribution in [3.63, 3.8) is 0 Å². The molecule has 2 atom stereocenters. The van der Waals surface area contributed by atoms with E-state index in [1.807, 2.05) is 12.1 Å². The smallest absolute Gasteiger partial charge is 0.126 e. The highest BCUT2D eigenvalue weighted by Crippen LogP contribution is 2.18. The summed E-state index contributed by atoms with van der Waals surface area (Å²) in [5.41, 5.74) is 7.80. The lowest BCUT2D eigenvalue weighted by Crippen LogP contribution is -2.40. The summed E-state index contributed by atoms with van der Waals surface area (Å²) in [4.78, 5) is 0. The van der Waals surface area contributed by atoms with E-state index in [4.69, 9.17) is 5.73 Å². The maximum Gasteiger partial charge on any atom is 0.126 e. The summed E-state index contributed by atoms with van der Waals surface area (Å²) in [7, 11) is 0. The number of nitrogens with two attached hydrogens (primary N) is 1. The van der Waals surface area contributed by atoms with E-state index in [9.17, 15) is 4.39 Å². The lowest BCUT2D eigenvalue weighted by atomic mass is 10.1. The van der Waals surface area contributed by atoms with Gasteiger partial charge in [-0.3, -0.25) is 0 Å². The molecule has 0 saturated heterocycles. The first-order valence-corrected chi connectivity index (χ1v) is 5.91. The van der Waals surface area contributed by atoms with Crippen molar-refractivity contribution in [2.75, 3.05) is 0 Å². The van der Waals surface area contributed by atoms with Gasteiger partial charge in [0.1, 0.15) is 5.82 Å². The molecule has 0 radical (unpaired) electrons. The average molecular weight is 222 g/mol. The fourth-order valence-electron chi connectivity index (χ4n) is 2.31. The second-order valence-corrected chi connectivity index (χ2v) is 4.67. The first-order chi connectivity index (χ1) is 7.66. The molecule has 0 heterocycles. The van der Waals surface area contributed by atoms with Gasteiger partial charge in [-0.1, -0.05) is 18.6 Å². The van der Waals surface area contributed by atoms with E-state index in [1.54, 1.807) is 6.92 Å². The molecule has 1 aliphatic carbocycles. The van der Waals surface area contributed by atoms with E-state index in [1.165, 1.54) is 12.5 Å². The van der Waals surface area contributed by atoms with E-state index < -0.39 is 0 Å². The van der Waals surface area contributed by atoms with E-state index in [0.717, 1.165) is 24.9 Å². The molecule has 0 bridgehead atoms. The van der Waals surface area contributed by atoms with E-state index in [2.05, 4.69) is 5.32 Å². The van der Waals surface area contributed by atoms with Gasteiger partial charge in [0.15, 0.2) is 0 Å². The van der Waals surface area contributed by atoms with E-state index >= 15 is 0 Å². The van der Waals surface area contributed by atoms with Crippen LogP contribution in [-0.2, 0) is 6.54 Å². The van der Waals surface area contributed by atoms with Gasteiger partial charge in [0.2, 0.25) is 0 Å². The van der Waals surface area contributed by atoms with Crippen LogP contribution in [-0.4, -0.2) is 12.1 Å². The van der Waals surface area contributed by atoms with Gasteiger partial charge >= 0.3 is 0 Å². The predicted molar refractivity (Wildman–Crippen MR) is 63.6 cm³/mol. The maximum atomic E-state index is 13.1. The molecule has 1 saturated carbocycles. The summed E-state index contributed by atoms with van der Waals surface area (Å²) >= 11 is 0. The van der Waals surface area contributed by atoms with Crippen LogP contribution >= 0.6 is 0 Å². The molecule has 0 amide bonds. The van der Waals surface area contributed by atoms with Crippen molar-refractivity contribution in [2.45, 2.75) is 44.8 Å². The molecule has 16 heavy (non-hydrogen) atoms. The minimum absolute atomic E-state index is 0.138. The molecule has 2 rings (SSSR count). The van der Waals surface area contributed by atoms with Crippen LogP contribution in [0.2, 0.25) is 0 Å². The Balaban J connectivity index is 1.91. The summed E-state index contributed by atoms with van der Waals surface area (Å²) in [6, 6.07) is 5.95. The lowest BCUT2D eigenvalue weighted by Gasteiger charge is -2.17. The van der Waals surface area contributed by atoms with Crippen molar-refractivity contribution >= 4 is 0 Å². The van der Waals surface area contributed by atoms with Crippen LogP contribution in [0.1, 0.15) is 30.4 Å². The molecule has 3 N–H and O–H groups in total. The molecule has 0 aromatic heterocycles. The minimum Gasteiger partial charge on any atom is -0.326 e. The minimum atomic E-state index is -0.138. The van der Waals surface area contributed by atoms with Crippen LogP contribution in [0, 0.1) is 12.7 Å². The molecule has 1 aliphatic rings. The van der Waals surface area contributed by atoms with Crippen molar-refractivity contribution in [3.8, 4) is 0 Å². The third-order valence-corrected chi connectivity index (χ3v) is 3.36. The normalized spacial score (nSPS) is 24.9. The Morgan fingerprint density at radius 2 is 2.25 bits per heavy atom. The number of nitrogens with one attached hydrogen (secondary N) is 1. The summed E-state index contributed by atoms with van der Waals surface area (Å²) < 4.78 is 13.1. The van der Waals surface area contributed by atoms with Gasteiger partial charge in [0.25, 0.3) is 0 Å². The summed E-state index contributed by atoms with van der Waals surface area (Å²) in [5, 5.41) is 3.45. The van der Waals surface area contributed by atoms with Gasteiger partial charge in [-0.05, 0) is 37.0 Å². The highest BCUT2D eigenvalue weighted by atomic mass is 19.1. The molecule has 1 aromatic carbocycles. The van der Waals surface area contributed by atoms with E-state index in [0.29, 0.717) is 11.6 Å². The third-order valence-electron chi connectivity index (χ3n) is 3.36. The van der Waals surface area contributed by atoms with Crippen molar-refractivity contribution in [1.29, 1.82) is 0 Å². The summed E-state index contributed by atoms with van der Waals surface area (Å²) in [5.74, 6) is -0.138. The Hall–Kier alpha value is -0.930. The Kier molecular flexibility index (Phi) is 3.56. The van der Waals surface area contributed by atoms with Gasteiger partial charge in [-0.2, -0.15) is 0 Å². The first-order valence-electron chi connectivity index (χ1n) is 5.91. The summed E-state index contributed by atoms with van der Waals surface area (Å²) in [6.45, 7) is 2.57. The predicted octanol–water partition coefficient (Wildman–Crippen LogP) is 2.10. The van der Waals surface area contributed by atoms with Crippen LogP contribution in [0.15, 0.2) is 18.2 Å². The molecule has 1 aromatic rings. The molecular weight excluding hydrogens is 203 g/mol. The zero-order valence-corrected chi connectivity index (χ0v) is 9.67. The van der Waals surface area contributed by atoms with Crippen LogP contribution < -0.4 is 11.1 Å². The topological polar surface area (TPSA) is 38.0 Å². The fraction of sp³-hybridized carbons (Fsp3) is 0.538. The first kappa shape index (κ1) is 11.6. The van der Waals surface area contributed by atoms with Crippen molar-refractivity contribution in [2.24, 2.45) is 5.73 Å². The Bertz CT molecular complexity index is 365. The van der Waals surface area contributed by atoms with Gasteiger partial charge in [-0.15, -0.1) is 0 Å². The van der Waals surface area contributed by atoms with Crippen LogP contribution in [0.3, 0.4) is 0 Å².